The minimum absolute atomic E-state index is 0.269. The molecule has 0 spiro atoms. The lowest BCUT2D eigenvalue weighted by Gasteiger charge is -2.25. The molecule has 8 N–H and O–H groups in total. The molecule has 13 heteroatoms. The summed E-state index contributed by atoms with van der Waals surface area (Å²) in [7, 11) is 0. The van der Waals surface area contributed by atoms with E-state index < -0.39 is 72.6 Å². The number of nitrogens with one attached hydrogen (secondary N) is 3. The lowest BCUT2D eigenvalue weighted by Crippen LogP contribution is -2.57. The molecule has 0 radical (unpaired) electrons. The second-order valence-electron chi connectivity index (χ2n) is 7.33. The van der Waals surface area contributed by atoms with E-state index in [0.29, 0.717) is 0 Å². The third-order valence-electron chi connectivity index (χ3n) is 4.31. The molecular formula is C18H30N4O9. The van der Waals surface area contributed by atoms with Gasteiger partial charge in [0.15, 0.2) is 0 Å². The van der Waals surface area contributed by atoms with Crippen molar-refractivity contribution >= 4 is 35.6 Å². The topological polar surface area (TPSA) is 225 Å². The first-order valence-corrected chi connectivity index (χ1v) is 9.59. The van der Waals surface area contributed by atoms with Crippen LogP contribution in [-0.2, 0) is 28.8 Å². The first-order valence-electron chi connectivity index (χ1n) is 9.59. The Kier molecular flexibility index (Phi) is 11.8. The normalized spacial score (nSPS) is 14.6. The van der Waals surface area contributed by atoms with Gasteiger partial charge in [0.2, 0.25) is 17.7 Å². The van der Waals surface area contributed by atoms with Gasteiger partial charge in [-0.3, -0.25) is 28.8 Å². The lowest BCUT2D eigenvalue weighted by molar-refractivity contribution is -0.142. The van der Waals surface area contributed by atoms with Gasteiger partial charge in [-0.1, -0.05) is 13.8 Å². The Morgan fingerprint density at radius 1 is 0.710 bits per heavy atom. The van der Waals surface area contributed by atoms with Crippen LogP contribution in [0.25, 0.3) is 0 Å². The quantitative estimate of drug-likeness (QED) is 0.159. The Morgan fingerprint density at radius 2 is 1.10 bits per heavy atom. The van der Waals surface area contributed by atoms with Crippen LogP contribution in [0.2, 0.25) is 0 Å². The predicted octanol–water partition coefficient (Wildman–Crippen LogP) is -1.74. The number of rotatable bonds is 14. The third kappa shape index (κ3) is 10.9. The van der Waals surface area contributed by atoms with E-state index in [2.05, 4.69) is 16.0 Å². The fraction of sp³-hybridized carbons (Fsp3) is 0.667. The van der Waals surface area contributed by atoms with Crippen LogP contribution in [0.5, 0.6) is 0 Å². The summed E-state index contributed by atoms with van der Waals surface area (Å²) >= 11 is 0. The van der Waals surface area contributed by atoms with E-state index in [1.165, 1.54) is 6.92 Å². The minimum atomic E-state index is -1.42. The van der Waals surface area contributed by atoms with Crippen LogP contribution in [0.4, 0.5) is 0 Å². The van der Waals surface area contributed by atoms with Crippen molar-refractivity contribution in [1.29, 1.82) is 0 Å². The van der Waals surface area contributed by atoms with Crippen molar-refractivity contribution in [3.8, 4) is 0 Å². The molecule has 0 aromatic carbocycles. The molecular weight excluding hydrogens is 416 g/mol. The van der Waals surface area contributed by atoms with Crippen LogP contribution in [0.1, 0.15) is 46.5 Å². The summed E-state index contributed by atoms with van der Waals surface area (Å²) in [5.74, 6) is -6.66. The van der Waals surface area contributed by atoms with E-state index in [0.717, 1.165) is 0 Å². The van der Waals surface area contributed by atoms with Gasteiger partial charge in [-0.25, -0.2) is 0 Å². The molecule has 4 atom stereocenters. The van der Waals surface area contributed by atoms with Crippen LogP contribution < -0.4 is 21.7 Å². The molecule has 0 saturated heterocycles. The molecule has 4 unspecified atom stereocenters. The van der Waals surface area contributed by atoms with Gasteiger partial charge in [-0.05, 0) is 25.7 Å². The predicted molar refractivity (Wildman–Crippen MR) is 106 cm³/mol. The number of aliphatic carboxylic acids is 3. The fourth-order valence-corrected chi connectivity index (χ4v) is 2.29. The van der Waals surface area contributed by atoms with Gasteiger partial charge in [0.05, 0.1) is 6.04 Å². The maximum atomic E-state index is 12.7. The Bertz CT molecular complexity index is 696. The maximum Gasteiger partial charge on any atom is 0.325 e. The highest BCUT2D eigenvalue weighted by molar-refractivity contribution is 5.94. The van der Waals surface area contributed by atoms with Crippen LogP contribution >= 0.6 is 0 Å². The van der Waals surface area contributed by atoms with Crippen LogP contribution in [-0.4, -0.2) is 75.1 Å². The standard InChI is InChI=1S/C18H30N4O9/c1-8(2)14(19)17(29)22-11(5-7-13(25)26)16(28)21-10(4-6-12(23)24)15(27)20-9(3)18(30)31/h8-11,14H,4-7,19H2,1-3H3,(H,20,27)(H,21,28)(H,22,29)(H,23,24)(H,25,26)(H,30,31). The molecule has 31 heavy (non-hydrogen) atoms. The van der Waals surface area contributed by atoms with Gasteiger partial charge < -0.3 is 37.0 Å². The zero-order valence-corrected chi connectivity index (χ0v) is 17.6. The number of carbonyl (C=O) groups is 6. The van der Waals surface area contributed by atoms with Crippen LogP contribution in [0.3, 0.4) is 0 Å². The van der Waals surface area contributed by atoms with Crippen molar-refractivity contribution in [3.05, 3.63) is 0 Å². The largest absolute Gasteiger partial charge is 0.481 e. The molecule has 0 fully saturated rings. The zero-order chi connectivity index (χ0) is 24.3. The summed E-state index contributed by atoms with van der Waals surface area (Å²) < 4.78 is 0. The highest BCUT2D eigenvalue weighted by atomic mass is 16.4. The highest BCUT2D eigenvalue weighted by Gasteiger charge is 2.30. The van der Waals surface area contributed by atoms with Crippen molar-refractivity contribution < 1.29 is 44.1 Å². The Balaban J connectivity index is 5.47. The van der Waals surface area contributed by atoms with Gasteiger partial charge in [-0.2, -0.15) is 0 Å². The smallest absolute Gasteiger partial charge is 0.325 e. The maximum absolute atomic E-state index is 12.7. The molecule has 176 valence electrons. The van der Waals surface area contributed by atoms with Gasteiger partial charge >= 0.3 is 17.9 Å². The van der Waals surface area contributed by atoms with Crippen molar-refractivity contribution in [2.24, 2.45) is 11.7 Å². The molecule has 0 saturated carbocycles. The molecule has 0 heterocycles. The Labute approximate surface area is 178 Å². The van der Waals surface area contributed by atoms with Crippen LogP contribution in [0, 0.1) is 5.92 Å². The monoisotopic (exact) mass is 446 g/mol. The van der Waals surface area contributed by atoms with E-state index in [-0.39, 0.29) is 18.8 Å². The SMILES string of the molecule is CC(NC(=O)C(CCC(=O)O)NC(=O)C(CCC(=O)O)NC(=O)C(N)C(C)C)C(=O)O. The lowest BCUT2D eigenvalue weighted by atomic mass is 10.0. The number of hydrogen-bond donors (Lipinski definition) is 7. The fourth-order valence-electron chi connectivity index (χ4n) is 2.29. The summed E-state index contributed by atoms with van der Waals surface area (Å²) in [6.07, 6.45) is -1.65. The Morgan fingerprint density at radius 3 is 1.45 bits per heavy atom. The van der Waals surface area contributed by atoms with E-state index in [4.69, 9.17) is 21.1 Å². The first-order chi connectivity index (χ1) is 14.3. The summed E-state index contributed by atoms with van der Waals surface area (Å²) in [5, 5.41) is 33.4. The van der Waals surface area contributed by atoms with Crippen molar-refractivity contribution in [2.75, 3.05) is 0 Å². The third-order valence-corrected chi connectivity index (χ3v) is 4.31. The second kappa shape index (κ2) is 13.2. The molecule has 3 amide bonds. The number of amides is 3. The summed E-state index contributed by atoms with van der Waals surface area (Å²) in [6.45, 7) is 4.53. The molecule has 0 bridgehead atoms. The molecule has 0 aliphatic heterocycles. The van der Waals surface area contributed by atoms with Crippen molar-refractivity contribution in [2.45, 2.75) is 70.6 Å². The number of nitrogens with two attached hydrogens (primary N) is 1. The first kappa shape index (κ1) is 27.8. The van der Waals surface area contributed by atoms with Gasteiger partial charge in [0.25, 0.3) is 0 Å². The zero-order valence-electron chi connectivity index (χ0n) is 17.6. The number of carboxylic acids is 3. The molecule has 0 rings (SSSR count). The average Bonchev–Trinajstić information content (AvgIpc) is 2.66. The average molecular weight is 446 g/mol. The van der Waals surface area contributed by atoms with Gasteiger partial charge in [-0.15, -0.1) is 0 Å². The van der Waals surface area contributed by atoms with E-state index in [1.807, 2.05) is 0 Å². The molecule has 0 aliphatic rings. The minimum Gasteiger partial charge on any atom is -0.481 e. The van der Waals surface area contributed by atoms with E-state index in [9.17, 15) is 28.8 Å². The molecule has 0 aliphatic carbocycles. The summed E-state index contributed by atoms with van der Waals surface area (Å²) in [6, 6.07) is -5.05. The second-order valence-corrected chi connectivity index (χ2v) is 7.33. The van der Waals surface area contributed by atoms with Crippen molar-refractivity contribution in [3.63, 3.8) is 0 Å². The summed E-state index contributed by atoms with van der Waals surface area (Å²) in [5.41, 5.74) is 5.73. The number of carbonyl (C=O) groups excluding carboxylic acids is 3. The molecule has 13 nitrogen and oxygen atoms in total. The summed E-state index contributed by atoms with van der Waals surface area (Å²) in [4.78, 5) is 69.9. The van der Waals surface area contributed by atoms with Crippen molar-refractivity contribution in [1.82, 2.24) is 16.0 Å². The van der Waals surface area contributed by atoms with E-state index in [1.54, 1.807) is 13.8 Å². The molecule has 0 aromatic rings. The number of hydrogen-bond acceptors (Lipinski definition) is 7. The van der Waals surface area contributed by atoms with E-state index >= 15 is 0 Å². The highest BCUT2D eigenvalue weighted by Crippen LogP contribution is 2.05. The van der Waals surface area contributed by atoms with Crippen LogP contribution in [0.15, 0.2) is 0 Å². The van der Waals surface area contributed by atoms with Gasteiger partial charge in [0, 0.05) is 12.8 Å². The number of carboxylic acid groups (broad SMARTS) is 3. The Hall–Kier alpha value is -3.22. The van der Waals surface area contributed by atoms with Gasteiger partial charge in [0.1, 0.15) is 18.1 Å². The molecule has 0 aromatic heterocycles.